The van der Waals surface area contributed by atoms with Gasteiger partial charge in [0, 0.05) is 18.5 Å². The van der Waals surface area contributed by atoms with Crippen LogP contribution in [0.4, 0.5) is 4.79 Å². The smallest absolute Gasteiger partial charge is 0.407 e. The third kappa shape index (κ3) is 4.15. The second kappa shape index (κ2) is 8.89. The summed E-state index contributed by atoms with van der Waals surface area (Å²) in [6.45, 7) is 0.0579. The zero-order chi connectivity index (χ0) is 22.7. The van der Waals surface area contributed by atoms with Gasteiger partial charge in [-0.3, -0.25) is 9.78 Å². The summed E-state index contributed by atoms with van der Waals surface area (Å²) in [5.41, 5.74) is 9.90. The van der Waals surface area contributed by atoms with Crippen LogP contribution in [0, 0.1) is 0 Å². The molecular weight excluding hydrogens is 410 g/mol. The lowest BCUT2D eigenvalue weighted by Crippen LogP contribution is -2.43. The van der Waals surface area contributed by atoms with Gasteiger partial charge in [-0.1, -0.05) is 48.5 Å². The third-order valence-corrected chi connectivity index (χ3v) is 5.49. The number of benzene rings is 2. The number of nitrogens with zero attached hydrogens (tertiary/aromatic N) is 1. The number of amides is 2. The van der Waals surface area contributed by atoms with Crippen LogP contribution in [0.5, 0.6) is 0 Å². The van der Waals surface area contributed by atoms with Gasteiger partial charge in [-0.25, -0.2) is 9.59 Å². The van der Waals surface area contributed by atoms with Crippen molar-refractivity contribution in [1.82, 2.24) is 10.3 Å². The van der Waals surface area contributed by atoms with Gasteiger partial charge < -0.3 is 20.9 Å². The second-order valence-electron chi connectivity index (χ2n) is 7.43. The highest BCUT2D eigenvalue weighted by Crippen LogP contribution is 2.44. The van der Waals surface area contributed by atoms with Crippen molar-refractivity contribution in [2.75, 3.05) is 6.61 Å². The van der Waals surface area contributed by atoms with Gasteiger partial charge in [-0.15, -0.1) is 0 Å². The molecule has 4 rings (SSSR count). The largest absolute Gasteiger partial charge is 0.480 e. The minimum atomic E-state index is -1.33. The fraction of sp³-hybridized carbons (Fsp3) is 0.167. The summed E-state index contributed by atoms with van der Waals surface area (Å²) in [7, 11) is 0. The first-order chi connectivity index (χ1) is 15.5. The normalized spacial score (nSPS) is 13.0. The van der Waals surface area contributed by atoms with Crippen LogP contribution in [0.1, 0.15) is 33.1 Å². The predicted octanol–water partition coefficient (Wildman–Crippen LogP) is 2.71. The van der Waals surface area contributed by atoms with E-state index < -0.39 is 24.0 Å². The molecule has 1 aliphatic carbocycles. The molecule has 162 valence electrons. The number of hydrogen-bond donors (Lipinski definition) is 3. The van der Waals surface area contributed by atoms with E-state index in [1.807, 2.05) is 48.5 Å². The fourth-order valence-electron chi connectivity index (χ4n) is 4.00. The molecule has 1 heterocycles. The van der Waals surface area contributed by atoms with Crippen LogP contribution in [-0.4, -0.2) is 40.7 Å². The highest BCUT2D eigenvalue weighted by atomic mass is 16.5. The SMILES string of the molecule is NC(=O)c1cccnc1C[C@H](NC(=O)OCC1c2ccccc2-c2ccccc21)C(=O)O. The molecule has 8 nitrogen and oxygen atoms in total. The molecule has 0 saturated heterocycles. The van der Waals surface area contributed by atoms with Crippen molar-refractivity contribution >= 4 is 18.0 Å². The Balaban J connectivity index is 1.45. The van der Waals surface area contributed by atoms with Gasteiger partial charge in [-0.2, -0.15) is 0 Å². The molecule has 32 heavy (non-hydrogen) atoms. The van der Waals surface area contributed by atoms with Crippen molar-refractivity contribution < 1.29 is 24.2 Å². The van der Waals surface area contributed by atoms with E-state index in [2.05, 4.69) is 10.3 Å². The van der Waals surface area contributed by atoms with E-state index in [4.69, 9.17) is 10.5 Å². The van der Waals surface area contributed by atoms with E-state index >= 15 is 0 Å². The zero-order valence-corrected chi connectivity index (χ0v) is 17.0. The molecule has 0 fully saturated rings. The molecule has 0 aliphatic heterocycles. The van der Waals surface area contributed by atoms with Gasteiger partial charge >= 0.3 is 12.1 Å². The maximum absolute atomic E-state index is 12.4. The van der Waals surface area contributed by atoms with Crippen LogP contribution in [0.15, 0.2) is 66.9 Å². The quantitative estimate of drug-likeness (QED) is 0.527. The Kier molecular flexibility index (Phi) is 5.85. The third-order valence-electron chi connectivity index (χ3n) is 5.49. The number of nitrogens with one attached hydrogen (secondary N) is 1. The lowest BCUT2D eigenvalue weighted by molar-refractivity contribution is -0.139. The molecule has 3 aromatic rings. The molecule has 0 radical (unpaired) electrons. The first-order valence-corrected chi connectivity index (χ1v) is 10.0. The fourth-order valence-corrected chi connectivity index (χ4v) is 4.00. The van der Waals surface area contributed by atoms with E-state index in [1.165, 1.54) is 18.3 Å². The Morgan fingerprint density at radius 2 is 1.62 bits per heavy atom. The first-order valence-electron chi connectivity index (χ1n) is 10.0. The number of rotatable bonds is 7. The molecule has 2 aromatic carbocycles. The van der Waals surface area contributed by atoms with Crippen molar-refractivity contribution in [2.24, 2.45) is 5.73 Å². The Morgan fingerprint density at radius 1 is 1.00 bits per heavy atom. The van der Waals surface area contributed by atoms with Crippen LogP contribution >= 0.6 is 0 Å². The summed E-state index contributed by atoms with van der Waals surface area (Å²) in [4.78, 5) is 39.7. The number of pyridine rings is 1. The van der Waals surface area contributed by atoms with Crippen LogP contribution in [0.2, 0.25) is 0 Å². The van der Waals surface area contributed by atoms with Crippen molar-refractivity contribution in [1.29, 1.82) is 0 Å². The molecule has 0 saturated carbocycles. The van der Waals surface area contributed by atoms with Gasteiger partial charge in [0.2, 0.25) is 0 Å². The van der Waals surface area contributed by atoms with E-state index in [9.17, 15) is 19.5 Å². The van der Waals surface area contributed by atoms with E-state index in [0.29, 0.717) is 0 Å². The molecule has 2 amide bonds. The summed E-state index contributed by atoms with van der Waals surface area (Å²) in [6.07, 6.45) is 0.350. The summed E-state index contributed by atoms with van der Waals surface area (Å²) in [5.74, 6) is -2.15. The maximum atomic E-state index is 12.4. The molecule has 1 aliphatic rings. The molecule has 4 N–H and O–H groups in total. The Morgan fingerprint density at radius 3 is 2.22 bits per heavy atom. The number of hydrogen-bond acceptors (Lipinski definition) is 5. The van der Waals surface area contributed by atoms with Crippen LogP contribution in [0.3, 0.4) is 0 Å². The van der Waals surface area contributed by atoms with Gasteiger partial charge in [0.25, 0.3) is 5.91 Å². The average Bonchev–Trinajstić information content (AvgIpc) is 3.11. The number of carboxylic acids is 1. The van der Waals surface area contributed by atoms with E-state index in [0.717, 1.165) is 22.3 Å². The maximum Gasteiger partial charge on any atom is 0.407 e. The number of carbonyl (C=O) groups excluding carboxylic acids is 2. The standard InChI is InChI=1S/C24H21N3O5/c25-22(28)18-10-5-11-26-20(18)12-21(23(29)30)27-24(31)32-13-19-16-8-3-1-6-14(16)15-7-2-4-9-17(15)19/h1-11,19,21H,12-13H2,(H2,25,28)(H,27,31)(H,29,30)/t21-/m0/s1. The minimum absolute atomic E-state index is 0.0579. The first kappa shape index (κ1) is 21.0. The number of ether oxygens (including phenoxy) is 1. The molecule has 0 unspecified atom stereocenters. The number of carboxylic acid groups (broad SMARTS) is 1. The topological polar surface area (TPSA) is 132 Å². The van der Waals surface area contributed by atoms with Gasteiger partial charge in [0.1, 0.15) is 12.6 Å². The minimum Gasteiger partial charge on any atom is -0.480 e. The molecule has 1 aromatic heterocycles. The molecular formula is C24H21N3O5. The van der Waals surface area contributed by atoms with Crippen LogP contribution < -0.4 is 11.1 Å². The highest BCUT2D eigenvalue weighted by Gasteiger charge is 2.30. The molecule has 1 atom stereocenters. The van der Waals surface area contributed by atoms with E-state index in [-0.39, 0.29) is 30.2 Å². The van der Waals surface area contributed by atoms with Crippen molar-refractivity contribution in [3.8, 4) is 11.1 Å². The number of carbonyl (C=O) groups is 3. The highest BCUT2D eigenvalue weighted by molar-refractivity contribution is 5.94. The number of alkyl carbamates (subject to hydrolysis) is 1. The van der Waals surface area contributed by atoms with E-state index in [1.54, 1.807) is 0 Å². The van der Waals surface area contributed by atoms with Crippen molar-refractivity contribution in [2.45, 2.75) is 18.4 Å². The van der Waals surface area contributed by atoms with Gasteiger partial charge in [0.05, 0.1) is 11.3 Å². The zero-order valence-electron chi connectivity index (χ0n) is 17.0. The average molecular weight is 431 g/mol. The second-order valence-corrected chi connectivity index (χ2v) is 7.43. The summed E-state index contributed by atoms with van der Waals surface area (Å²) in [6, 6.07) is 17.5. The van der Waals surface area contributed by atoms with Crippen molar-refractivity contribution in [3.05, 3.63) is 89.2 Å². The van der Waals surface area contributed by atoms with Crippen LogP contribution in [0.25, 0.3) is 11.1 Å². The Labute approximate surface area is 184 Å². The lowest BCUT2D eigenvalue weighted by Gasteiger charge is -2.18. The van der Waals surface area contributed by atoms with Gasteiger partial charge in [-0.05, 0) is 34.4 Å². The van der Waals surface area contributed by atoms with Crippen LogP contribution in [-0.2, 0) is 16.0 Å². The monoisotopic (exact) mass is 431 g/mol. The lowest BCUT2D eigenvalue weighted by atomic mass is 9.98. The number of aliphatic carboxylic acids is 1. The predicted molar refractivity (Wildman–Crippen MR) is 116 cm³/mol. The van der Waals surface area contributed by atoms with Crippen molar-refractivity contribution in [3.63, 3.8) is 0 Å². The Bertz CT molecular complexity index is 1150. The number of nitrogens with two attached hydrogens (primary N) is 1. The summed E-state index contributed by atoms with van der Waals surface area (Å²) >= 11 is 0. The molecule has 0 bridgehead atoms. The molecule has 0 spiro atoms. The van der Waals surface area contributed by atoms with Gasteiger partial charge in [0.15, 0.2) is 0 Å². The summed E-state index contributed by atoms with van der Waals surface area (Å²) < 4.78 is 5.41. The number of fused-ring (bicyclic) bond motifs is 3. The number of primary amides is 1. The number of aromatic nitrogens is 1. The molecule has 8 heteroatoms. The Hall–Kier alpha value is -4.20. The summed E-state index contributed by atoms with van der Waals surface area (Å²) in [5, 5.41) is 11.9.